The van der Waals surface area contributed by atoms with Crippen LogP contribution in [0, 0.1) is 0 Å². The summed E-state index contributed by atoms with van der Waals surface area (Å²) in [5.41, 5.74) is 3.39. The smallest absolute Gasteiger partial charge is 0.271 e. The van der Waals surface area contributed by atoms with Gasteiger partial charge in [0.25, 0.3) is 5.91 Å². The zero-order valence-corrected chi connectivity index (χ0v) is 14.9. The third-order valence-electron chi connectivity index (χ3n) is 3.68. The van der Waals surface area contributed by atoms with Crippen LogP contribution in [-0.2, 0) is 0 Å². The van der Waals surface area contributed by atoms with Gasteiger partial charge in [-0.15, -0.1) is 0 Å². The minimum atomic E-state index is -0.330. The molecule has 3 aromatic carbocycles. The quantitative estimate of drug-likeness (QED) is 0.513. The molecule has 0 spiro atoms. The first-order valence-electron chi connectivity index (χ1n) is 7.47. The van der Waals surface area contributed by atoms with Gasteiger partial charge in [-0.25, -0.2) is 5.43 Å². The van der Waals surface area contributed by atoms with Crippen molar-refractivity contribution in [2.24, 2.45) is 5.10 Å². The summed E-state index contributed by atoms with van der Waals surface area (Å²) in [5, 5.41) is 16.0. The Labute approximate surface area is 153 Å². The second kappa shape index (κ2) is 7.36. The summed E-state index contributed by atoms with van der Waals surface area (Å²) in [6.07, 6.45) is 1.36. The minimum Gasteiger partial charge on any atom is -0.506 e. The van der Waals surface area contributed by atoms with Crippen molar-refractivity contribution in [3.8, 4) is 11.5 Å². The molecule has 126 valence electrons. The van der Waals surface area contributed by atoms with E-state index in [1.807, 2.05) is 30.3 Å². The molecule has 1 amide bonds. The van der Waals surface area contributed by atoms with Gasteiger partial charge in [0, 0.05) is 11.1 Å². The lowest BCUT2D eigenvalue weighted by Gasteiger charge is -2.06. The molecular weight excluding hydrogens is 384 g/mol. The molecule has 25 heavy (non-hydrogen) atoms. The number of benzene rings is 3. The van der Waals surface area contributed by atoms with Crippen molar-refractivity contribution in [2.75, 3.05) is 7.11 Å². The molecule has 2 N–H and O–H groups in total. The molecular formula is C19H15BrN2O3. The summed E-state index contributed by atoms with van der Waals surface area (Å²) in [7, 11) is 1.53. The van der Waals surface area contributed by atoms with E-state index in [4.69, 9.17) is 4.74 Å². The molecule has 0 fully saturated rings. The second-order valence-electron chi connectivity index (χ2n) is 5.31. The average Bonchev–Trinajstić information content (AvgIpc) is 2.64. The fourth-order valence-corrected chi connectivity index (χ4v) is 2.82. The van der Waals surface area contributed by atoms with Gasteiger partial charge < -0.3 is 9.84 Å². The van der Waals surface area contributed by atoms with Crippen molar-refractivity contribution in [1.82, 2.24) is 5.43 Å². The molecule has 0 aliphatic heterocycles. The lowest BCUT2D eigenvalue weighted by molar-refractivity contribution is 0.0955. The van der Waals surface area contributed by atoms with E-state index in [9.17, 15) is 9.90 Å². The van der Waals surface area contributed by atoms with E-state index < -0.39 is 0 Å². The number of amides is 1. The number of ether oxygens (including phenoxy) is 1. The standard InChI is InChI=1S/C19H15BrN2O3/c1-25-16-9-15(18(23)17(20)10-16)11-21-22-19(24)14-7-6-12-4-2-3-5-13(12)8-14/h2-11,23H,1H3,(H,22,24)/b21-11-. The predicted octanol–water partition coefficient (Wildman–Crippen LogP) is 4.08. The van der Waals surface area contributed by atoms with Gasteiger partial charge in [0.05, 0.1) is 17.8 Å². The lowest BCUT2D eigenvalue weighted by Crippen LogP contribution is -2.17. The normalized spacial score (nSPS) is 11.0. The number of carbonyl (C=O) groups is 1. The van der Waals surface area contributed by atoms with Crippen LogP contribution >= 0.6 is 15.9 Å². The summed E-state index contributed by atoms with van der Waals surface area (Å²) in [6, 6.07) is 16.5. The van der Waals surface area contributed by atoms with Gasteiger partial charge in [0.2, 0.25) is 0 Å². The van der Waals surface area contributed by atoms with Crippen molar-refractivity contribution in [3.63, 3.8) is 0 Å². The lowest BCUT2D eigenvalue weighted by atomic mass is 10.1. The number of fused-ring (bicyclic) bond motifs is 1. The monoisotopic (exact) mass is 398 g/mol. The highest BCUT2D eigenvalue weighted by Gasteiger charge is 2.08. The summed E-state index contributed by atoms with van der Waals surface area (Å²) in [4.78, 5) is 12.2. The number of phenols is 1. The van der Waals surface area contributed by atoms with Crippen molar-refractivity contribution >= 4 is 38.8 Å². The van der Waals surface area contributed by atoms with Crippen LogP contribution in [0.5, 0.6) is 11.5 Å². The molecule has 3 aromatic rings. The fourth-order valence-electron chi connectivity index (χ4n) is 2.37. The van der Waals surface area contributed by atoms with Gasteiger partial charge in [0.1, 0.15) is 11.5 Å². The Morgan fingerprint density at radius 1 is 1.16 bits per heavy atom. The minimum absolute atomic E-state index is 0.0181. The molecule has 0 radical (unpaired) electrons. The van der Waals surface area contributed by atoms with Crippen molar-refractivity contribution in [1.29, 1.82) is 0 Å². The van der Waals surface area contributed by atoms with Crippen LogP contribution < -0.4 is 10.2 Å². The van der Waals surface area contributed by atoms with E-state index in [1.165, 1.54) is 13.3 Å². The number of methoxy groups -OCH3 is 1. The van der Waals surface area contributed by atoms with Crippen molar-refractivity contribution < 1.29 is 14.6 Å². The Kier molecular flexibility index (Phi) is 5.00. The molecule has 0 aromatic heterocycles. The first-order valence-corrected chi connectivity index (χ1v) is 8.26. The average molecular weight is 399 g/mol. The Morgan fingerprint density at radius 2 is 1.92 bits per heavy atom. The highest BCUT2D eigenvalue weighted by Crippen LogP contribution is 2.31. The van der Waals surface area contributed by atoms with E-state index in [0.29, 0.717) is 21.3 Å². The highest BCUT2D eigenvalue weighted by atomic mass is 79.9. The van der Waals surface area contributed by atoms with Crippen LogP contribution in [0.3, 0.4) is 0 Å². The summed E-state index contributed by atoms with van der Waals surface area (Å²) >= 11 is 3.24. The number of hydrazone groups is 1. The molecule has 0 bridgehead atoms. The van der Waals surface area contributed by atoms with Gasteiger partial charge in [-0.1, -0.05) is 30.3 Å². The maximum absolute atomic E-state index is 12.2. The molecule has 0 aliphatic rings. The molecule has 6 heteroatoms. The van der Waals surface area contributed by atoms with Gasteiger partial charge in [-0.05, 0) is 51.0 Å². The molecule has 0 atom stereocenters. The first-order chi connectivity index (χ1) is 12.1. The number of hydrogen-bond acceptors (Lipinski definition) is 4. The van der Waals surface area contributed by atoms with Gasteiger partial charge in [0.15, 0.2) is 0 Å². The molecule has 0 heterocycles. The largest absolute Gasteiger partial charge is 0.506 e. The summed E-state index contributed by atoms with van der Waals surface area (Å²) in [6.45, 7) is 0. The Hall–Kier alpha value is -2.86. The van der Waals surface area contributed by atoms with Gasteiger partial charge >= 0.3 is 0 Å². The molecule has 5 nitrogen and oxygen atoms in total. The molecule has 0 saturated heterocycles. The van der Waals surface area contributed by atoms with Crippen LogP contribution in [0.4, 0.5) is 0 Å². The number of rotatable bonds is 4. The number of phenolic OH excluding ortho intramolecular Hbond substituents is 1. The predicted molar refractivity (Wildman–Crippen MR) is 101 cm³/mol. The van der Waals surface area contributed by atoms with Crippen LogP contribution in [0.15, 0.2) is 64.2 Å². The molecule has 3 rings (SSSR count). The fraction of sp³-hybridized carbons (Fsp3) is 0.0526. The number of hydrogen-bond donors (Lipinski definition) is 2. The molecule has 0 saturated carbocycles. The second-order valence-corrected chi connectivity index (χ2v) is 6.16. The maximum Gasteiger partial charge on any atom is 0.271 e. The number of carbonyl (C=O) groups excluding carboxylic acids is 1. The zero-order valence-electron chi connectivity index (χ0n) is 13.4. The number of nitrogens with zero attached hydrogens (tertiary/aromatic N) is 1. The third-order valence-corrected chi connectivity index (χ3v) is 4.29. The molecule has 0 aliphatic carbocycles. The van der Waals surface area contributed by atoms with Crippen molar-refractivity contribution in [3.05, 3.63) is 70.2 Å². The zero-order chi connectivity index (χ0) is 17.8. The van der Waals surface area contributed by atoms with Crippen LogP contribution in [-0.4, -0.2) is 24.3 Å². The van der Waals surface area contributed by atoms with E-state index in [1.54, 1.807) is 24.3 Å². The number of aromatic hydroxyl groups is 1. The summed E-state index contributed by atoms with van der Waals surface area (Å²) < 4.78 is 5.62. The first kappa shape index (κ1) is 17.0. The van der Waals surface area contributed by atoms with Crippen molar-refractivity contribution in [2.45, 2.75) is 0 Å². The number of nitrogens with one attached hydrogen (secondary N) is 1. The Bertz CT molecular complexity index is 970. The third kappa shape index (κ3) is 3.80. The van der Waals surface area contributed by atoms with Gasteiger partial charge in [-0.3, -0.25) is 4.79 Å². The summed E-state index contributed by atoms with van der Waals surface area (Å²) in [5.74, 6) is 0.250. The van der Waals surface area contributed by atoms with Gasteiger partial charge in [-0.2, -0.15) is 5.10 Å². The Morgan fingerprint density at radius 3 is 2.68 bits per heavy atom. The van der Waals surface area contributed by atoms with Crippen LogP contribution in [0.1, 0.15) is 15.9 Å². The Balaban J connectivity index is 1.77. The maximum atomic E-state index is 12.2. The van der Waals surface area contributed by atoms with E-state index in [-0.39, 0.29) is 11.7 Å². The van der Waals surface area contributed by atoms with E-state index in [0.717, 1.165) is 10.8 Å². The van der Waals surface area contributed by atoms with E-state index >= 15 is 0 Å². The number of halogens is 1. The molecule has 0 unspecified atom stereocenters. The van der Waals surface area contributed by atoms with Crippen LogP contribution in [0.25, 0.3) is 10.8 Å². The highest BCUT2D eigenvalue weighted by molar-refractivity contribution is 9.10. The van der Waals surface area contributed by atoms with E-state index in [2.05, 4.69) is 26.5 Å². The van der Waals surface area contributed by atoms with Crippen LogP contribution in [0.2, 0.25) is 0 Å². The SMILES string of the molecule is COc1cc(Br)c(O)c(/C=N\NC(=O)c2ccc3ccccc3c2)c1. The topological polar surface area (TPSA) is 70.9 Å².